The van der Waals surface area contributed by atoms with E-state index in [4.69, 9.17) is 0 Å². The highest BCUT2D eigenvalue weighted by Gasteiger charge is 2.17. The van der Waals surface area contributed by atoms with E-state index in [9.17, 15) is 9.50 Å². The van der Waals surface area contributed by atoms with Crippen molar-refractivity contribution in [2.24, 2.45) is 0 Å². The van der Waals surface area contributed by atoms with Crippen LogP contribution >= 0.6 is 11.3 Å². The summed E-state index contributed by atoms with van der Waals surface area (Å²) < 4.78 is 13.9. The molecule has 1 heterocycles. The second kappa shape index (κ2) is 6.33. The predicted octanol–water partition coefficient (Wildman–Crippen LogP) is 3.89. The number of phenolic OH excluding ortho intramolecular Hbond substituents is 1. The lowest BCUT2D eigenvalue weighted by molar-refractivity contribution is 0.469. The summed E-state index contributed by atoms with van der Waals surface area (Å²) in [5, 5.41) is 13.2. The first-order valence-electron chi connectivity index (χ1n) is 6.72. The smallest absolute Gasteiger partial charge is 0.137 e. The highest BCUT2D eigenvalue weighted by molar-refractivity contribution is 7.15. The van der Waals surface area contributed by atoms with Crippen LogP contribution in [0.2, 0.25) is 0 Å². The third-order valence-electron chi connectivity index (χ3n) is 2.99. The number of phenols is 1. The van der Waals surface area contributed by atoms with Gasteiger partial charge in [0, 0.05) is 23.1 Å². The van der Waals surface area contributed by atoms with Crippen LogP contribution < -0.4 is 5.32 Å². The van der Waals surface area contributed by atoms with Gasteiger partial charge in [-0.3, -0.25) is 0 Å². The molecule has 5 heteroatoms. The minimum Gasteiger partial charge on any atom is -0.508 e. The first kappa shape index (κ1) is 14.9. The molecule has 0 fully saturated rings. The maximum absolute atomic E-state index is 13.9. The van der Waals surface area contributed by atoms with Crippen molar-refractivity contribution in [3.63, 3.8) is 0 Å². The summed E-state index contributed by atoms with van der Waals surface area (Å²) in [6, 6.07) is 4.18. The van der Waals surface area contributed by atoms with E-state index in [1.807, 2.05) is 0 Å². The Balaban J connectivity index is 2.41. The Labute approximate surface area is 122 Å². The maximum Gasteiger partial charge on any atom is 0.137 e. The number of hydrogen-bond acceptors (Lipinski definition) is 4. The van der Waals surface area contributed by atoms with Crippen molar-refractivity contribution in [2.75, 3.05) is 6.54 Å². The van der Waals surface area contributed by atoms with Gasteiger partial charge in [-0.25, -0.2) is 9.37 Å². The predicted molar refractivity (Wildman–Crippen MR) is 80.6 cm³/mol. The second-order valence-corrected chi connectivity index (χ2v) is 6.01. The van der Waals surface area contributed by atoms with Crippen molar-refractivity contribution in [1.82, 2.24) is 10.3 Å². The fourth-order valence-corrected chi connectivity index (χ4v) is 3.19. The number of hydrogen-bond donors (Lipinski definition) is 2. The lowest BCUT2D eigenvalue weighted by Crippen LogP contribution is -2.12. The summed E-state index contributed by atoms with van der Waals surface area (Å²) in [6.07, 6.45) is 0. The molecule has 0 aliphatic heterocycles. The Bertz CT molecular complexity index is 596. The minimum atomic E-state index is -0.441. The summed E-state index contributed by atoms with van der Waals surface area (Å²) >= 11 is 1.51. The fraction of sp³-hybridized carbons (Fsp3) is 0.400. The van der Waals surface area contributed by atoms with Crippen LogP contribution in [0.4, 0.5) is 4.39 Å². The topological polar surface area (TPSA) is 45.1 Å². The number of nitrogens with one attached hydrogen (secondary N) is 1. The van der Waals surface area contributed by atoms with Crippen molar-refractivity contribution >= 4 is 11.3 Å². The van der Waals surface area contributed by atoms with E-state index in [-0.39, 0.29) is 5.75 Å². The van der Waals surface area contributed by atoms with Gasteiger partial charge in [-0.1, -0.05) is 20.8 Å². The van der Waals surface area contributed by atoms with E-state index in [1.54, 1.807) is 6.07 Å². The van der Waals surface area contributed by atoms with Crippen LogP contribution in [0.1, 0.15) is 37.3 Å². The molecule has 0 radical (unpaired) electrons. The quantitative estimate of drug-likeness (QED) is 0.879. The zero-order chi connectivity index (χ0) is 14.7. The zero-order valence-electron chi connectivity index (χ0n) is 11.9. The molecule has 0 spiro atoms. The van der Waals surface area contributed by atoms with Gasteiger partial charge >= 0.3 is 0 Å². The van der Waals surface area contributed by atoms with Crippen LogP contribution in [-0.2, 0) is 6.54 Å². The Morgan fingerprint density at radius 1 is 1.40 bits per heavy atom. The van der Waals surface area contributed by atoms with Crippen molar-refractivity contribution in [3.8, 4) is 16.3 Å². The van der Waals surface area contributed by atoms with Crippen LogP contribution in [0.25, 0.3) is 10.6 Å². The largest absolute Gasteiger partial charge is 0.508 e. The van der Waals surface area contributed by atoms with Crippen molar-refractivity contribution < 1.29 is 9.50 Å². The number of aromatic nitrogens is 1. The van der Waals surface area contributed by atoms with Crippen molar-refractivity contribution in [2.45, 2.75) is 33.2 Å². The summed E-state index contributed by atoms with van der Waals surface area (Å²) in [5.74, 6) is -0.211. The number of nitrogens with zero attached hydrogens (tertiary/aromatic N) is 1. The number of benzene rings is 1. The Morgan fingerprint density at radius 3 is 2.75 bits per heavy atom. The average Bonchev–Trinajstić information content (AvgIpc) is 2.80. The molecule has 2 N–H and O–H groups in total. The van der Waals surface area contributed by atoms with Gasteiger partial charge in [-0.05, 0) is 24.6 Å². The molecule has 108 valence electrons. The van der Waals surface area contributed by atoms with Crippen molar-refractivity contribution in [3.05, 3.63) is 34.6 Å². The maximum atomic E-state index is 13.9. The van der Waals surface area contributed by atoms with Crippen LogP contribution in [0.3, 0.4) is 0 Å². The molecule has 0 saturated heterocycles. The van der Waals surface area contributed by atoms with E-state index < -0.39 is 5.82 Å². The molecule has 0 unspecified atom stereocenters. The standard InChI is InChI=1S/C15H19FN2OS/c1-4-17-8-13-14(9(2)3)18-15(20-13)11-6-5-10(19)7-12(11)16/h5-7,9,17,19H,4,8H2,1-3H3. The van der Waals surface area contributed by atoms with Gasteiger partial charge in [0.05, 0.1) is 5.69 Å². The SMILES string of the molecule is CCNCc1sc(-c2ccc(O)cc2F)nc1C(C)C. The lowest BCUT2D eigenvalue weighted by Gasteiger charge is -2.04. The summed E-state index contributed by atoms with van der Waals surface area (Å²) in [6.45, 7) is 7.86. The number of halogens is 1. The highest BCUT2D eigenvalue weighted by atomic mass is 32.1. The molecule has 1 aromatic heterocycles. The molecule has 0 bridgehead atoms. The molecule has 0 aliphatic carbocycles. The average molecular weight is 294 g/mol. The van der Waals surface area contributed by atoms with Gasteiger partial charge in [0.25, 0.3) is 0 Å². The third-order valence-corrected chi connectivity index (χ3v) is 4.10. The minimum absolute atomic E-state index is 0.0697. The van der Waals surface area contributed by atoms with Gasteiger partial charge in [0.1, 0.15) is 16.6 Å². The van der Waals surface area contributed by atoms with Crippen molar-refractivity contribution in [1.29, 1.82) is 0 Å². The Kier molecular flexibility index (Phi) is 4.73. The molecule has 3 nitrogen and oxygen atoms in total. The molecule has 0 aliphatic rings. The molecule has 2 rings (SSSR count). The number of rotatable bonds is 5. The van der Waals surface area contributed by atoms with Gasteiger partial charge in [-0.2, -0.15) is 0 Å². The monoisotopic (exact) mass is 294 g/mol. The first-order valence-corrected chi connectivity index (χ1v) is 7.53. The van der Waals surface area contributed by atoms with E-state index in [1.165, 1.54) is 17.4 Å². The van der Waals surface area contributed by atoms with E-state index >= 15 is 0 Å². The molecule has 20 heavy (non-hydrogen) atoms. The molecular weight excluding hydrogens is 275 g/mol. The van der Waals surface area contributed by atoms with Gasteiger partial charge < -0.3 is 10.4 Å². The van der Waals surface area contributed by atoms with E-state index in [0.717, 1.165) is 29.7 Å². The summed E-state index contributed by atoms with van der Waals surface area (Å²) in [5.41, 5.74) is 1.45. The summed E-state index contributed by atoms with van der Waals surface area (Å²) in [7, 11) is 0. The van der Waals surface area contributed by atoms with Gasteiger partial charge in [-0.15, -0.1) is 11.3 Å². The third kappa shape index (κ3) is 3.16. The van der Waals surface area contributed by atoms with Gasteiger partial charge in [0.15, 0.2) is 0 Å². The van der Waals surface area contributed by atoms with Crippen LogP contribution in [0.5, 0.6) is 5.75 Å². The second-order valence-electron chi connectivity index (χ2n) is 4.93. The Morgan fingerprint density at radius 2 is 2.15 bits per heavy atom. The molecule has 2 aromatic rings. The van der Waals surface area contributed by atoms with E-state index in [0.29, 0.717) is 16.5 Å². The zero-order valence-corrected chi connectivity index (χ0v) is 12.7. The molecule has 0 amide bonds. The van der Waals surface area contributed by atoms with Gasteiger partial charge in [0.2, 0.25) is 0 Å². The number of thiazole rings is 1. The fourth-order valence-electron chi connectivity index (χ4n) is 1.97. The van der Waals surface area contributed by atoms with Crippen LogP contribution in [0.15, 0.2) is 18.2 Å². The normalized spacial score (nSPS) is 11.2. The molecule has 1 aromatic carbocycles. The molecule has 0 atom stereocenters. The molecule has 0 saturated carbocycles. The van der Waals surface area contributed by atoms with E-state index in [2.05, 4.69) is 31.1 Å². The number of aromatic hydroxyl groups is 1. The molecular formula is C15H19FN2OS. The first-order chi connectivity index (χ1) is 9.52. The highest BCUT2D eigenvalue weighted by Crippen LogP contribution is 2.34. The van der Waals surface area contributed by atoms with Crippen LogP contribution in [0, 0.1) is 5.82 Å². The van der Waals surface area contributed by atoms with Crippen LogP contribution in [-0.4, -0.2) is 16.6 Å². The lowest BCUT2D eigenvalue weighted by atomic mass is 10.1. The Hall–Kier alpha value is -1.46. The summed E-state index contributed by atoms with van der Waals surface area (Å²) in [4.78, 5) is 5.72.